The van der Waals surface area contributed by atoms with Gasteiger partial charge in [0.25, 0.3) is 0 Å². The number of halogens is 1. The summed E-state index contributed by atoms with van der Waals surface area (Å²) in [6, 6.07) is 8.16. The molecule has 3 heterocycles. The van der Waals surface area contributed by atoms with Gasteiger partial charge in [-0.05, 0) is 35.9 Å². The second-order valence-corrected chi connectivity index (χ2v) is 8.22. The van der Waals surface area contributed by atoms with Gasteiger partial charge in [-0.25, -0.2) is 4.79 Å². The van der Waals surface area contributed by atoms with E-state index in [1.165, 1.54) is 10.7 Å². The van der Waals surface area contributed by atoms with E-state index < -0.39 is 0 Å². The molecule has 4 rings (SSSR count). The van der Waals surface area contributed by atoms with Gasteiger partial charge in [-0.1, -0.05) is 11.6 Å². The van der Waals surface area contributed by atoms with Crippen LogP contribution in [0.4, 0.5) is 4.79 Å². The van der Waals surface area contributed by atoms with Crippen molar-refractivity contribution in [2.24, 2.45) is 0 Å². The molecule has 3 aromatic rings. The van der Waals surface area contributed by atoms with Crippen molar-refractivity contribution in [1.29, 1.82) is 0 Å². The molecule has 0 radical (unpaired) electrons. The molecule has 1 fully saturated rings. The van der Waals surface area contributed by atoms with Crippen molar-refractivity contribution in [1.82, 2.24) is 29.9 Å². The Morgan fingerprint density at radius 3 is 2.48 bits per heavy atom. The number of hydrogen-bond acceptors (Lipinski definition) is 6. The maximum absolute atomic E-state index is 12.8. The number of carbonyl (C=O) groups is 2. The van der Waals surface area contributed by atoms with E-state index in [0.29, 0.717) is 37.4 Å². The lowest BCUT2D eigenvalue weighted by Gasteiger charge is -2.34. The molecule has 1 aliphatic heterocycles. The van der Waals surface area contributed by atoms with Crippen LogP contribution in [0.3, 0.4) is 0 Å². The van der Waals surface area contributed by atoms with Gasteiger partial charge >= 0.3 is 6.03 Å². The molecule has 172 valence electrons. The highest BCUT2D eigenvalue weighted by atomic mass is 35.5. The second kappa shape index (κ2) is 10.0. The van der Waals surface area contributed by atoms with Crippen LogP contribution in [0.25, 0.3) is 22.4 Å². The van der Waals surface area contributed by atoms with E-state index in [0.717, 1.165) is 24.2 Å². The number of aromatic hydroxyl groups is 1. The largest absolute Gasteiger partial charge is 0.506 e. The van der Waals surface area contributed by atoms with Crippen molar-refractivity contribution < 1.29 is 14.7 Å². The quantitative estimate of drug-likeness (QED) is 0.596. The number of nitrogens with one attached hydrogen (secondary N) is 1. The predicted molar refractivity (Wildman–Crippen MR) is 125 cm³/mol. The number of pyridine rings is 1. The molecule has 0 atom stereocenters. The summed E-state index contributed by atoms with van der Waals surface area (Å²) < 4.78 is 1.28. The zero-order valence-corrected chi connectivity index (χ0v) is 19.0. The van der Waals surface area contributed by atoms with E-state index in [-0.39, 0.29) is 22.7 Å². The number of phenols is 1. The molecule has 33 heavy (non-hydrogen) atoms. The van der Waals surface area contributed by atoms with Gasteiger partial charge in [-0.2, -0.15) is 9.78 Å². The summed E-state index contributed by atoms with van der Waals surface area (Å²) in [5.74, 6) is 0.0737. The van der Waals surface area contributed by atoms with Gasteiger partial charge in [0, 0.05) is 75.9 Å². The molecule has 0 unspecified atom stereocenters. The van der Waals surface area contributed by atoms with Gasteiger partial charge in [0.2, 0.25) is 5.91 Å². The number of amides is 2. The monoisotopic (exact) mass is 468 g/mol. The van der Waals surface area contributed by atoms with E-state index in [9.17, 15) is 14.7 Å². The van der Waals surface area contributed by atoms with Crippen LogP contribution in [0.1, 0.15) is 6.92 Å². The van der Waals surface area contributed by atoms with Crippen molar-refractivity contribution in [2.45, 2.75) is 6.92 Å². The fourth-order valence-electron chi connectivity index (χ4n) is 3.78. The van der Waals surface area contributed by atoms with Crippen molar-refractivity contribution in [3.8, 4) is 28.1 Å². The normalized spacial score (nSPS) is 14.3. The molecule has 0 saturated carbocycles. The van der Waals surface area contributed by atoms with Crippen LogP contribution >= 0.6 is 11.6 Å². The maximum Gasteiger partial charge on any atom is 0.342 e. The first kappa shape index (κ1) is 22.8. The van der Waals surface area contributed by atoms with Gasteiger partial charge in [0.05, 0.1) is 5.02 Å². The number of rotatable bonds is 5. The van der Waals surface area contributed by atoms with Crippen LogP contribution < -0.4 is 5.32 Å². The smallest absolute Gasteiger partial charge is 0.342 e. The summed E-state index contributed by atoms with van der Waals surface area (Å²) >= 11 is 6.10. The Bertz CT molecular complexity index is 1140. The Morgan fingerprint density at radius 1 is 1.09 bits per heavy atom. The van der Waals surface area contributed by atoms with Crippen molar-refractivity contribution in [3.63, 3.8) is 0 Å². The van der Waals surface area contributed by atoms with Gasteiger partial charge in [-0.15, -0.1) is 0 Å². The number of piperazine rings is 1. The number of aromatic nitrogens is 3. The first-order chi connectivity index (χ1) is 15.9. The lowest BCUT2D eigenvalue weighted by atomic mass is 10.0. The minimum Gasteiger partial charge on any atom is -0.506 e. The molecule has 10 heteroatoms. The minimum absolute atomic E-state index is 0.0211. The Morgan fingerprint density at radius 2 is 1.82 bits per heavy atom. The zero-order valence-electron chi connectivity index (χ0n) is 18.2. The third-order valence-electron chi connectivity index (χ3n) is 5.66. The Labute approximate surface area is 196 Å². The van der Waals surface area contributed by atoms with Crippen LogP contribution in [0, 0.1) is 0 Å². The summed E-state index contributed by atoms with van der Waals surface area (Å²) in [5, 5.41) is 17.4. The first-order valence-electron chi connectivity index (χ1n) is 10.7. The SMILES string of the molecule is CC(=O)N1CCN(CCNC(=O)n2cc(-c3ccncc3)c(-c3ccc(O)c(Cl)c3)n2)CC1. The Kier molecular flexibility index (Phi) is 6.90. The molecular weight excluding hydrogens is 444 g/mol. The summed E-state index contributed by atoms with van der Waals surface area (Å²) in [6.07, 6.45) is 5.02. The van der Waals surface area contributed by atoms with Crippen molar-refractivity contribution >= 4 is 23.5 Å². The zero-order chi connectivity index (χ0) is 23.4. The fourth-order valence-corrected chi connectivity index (χ4v) is 3.96. The van der Waals surface area contributed by atoms with Crippen LogP contribution in [0.2, 0.25) is 5.02 Å². The van der Waals surface area contributed by atoms with E-state index in [2.05, 4.69) is 20.3 Å². The number of phenolic OH excluding ortho intramolecular Hbond substituents is 1. The number of nitrogens with zero attached hydrogens (tertiary/aromatic N) is 5. The Hall–Kier alpha value is -3.43. The van der Waals surface area contributed by atoms with Crippen LogP contribution in [-0.2, 0) is 4.79 Å². The first-order valence-corrected chi connectivity index (χ1v) is 11.0. The third kappa shape index (κ3) is 5.32. The average molecular weight is 469 g/mol. The van der Waals surface area contributed by atoms with Gasteiger partial charge in [0.1, 0.15) is 11.4 Å². The van der Waals surface area contributed by atoms with E-state index in [1.807, 2.05) is 17.0 Å². The molecule has 1 aromatic carbocycles. The predicted octanol–water partition coefficient (Wildman–Crippen LogP) is 2.69. The summed E-state index contributed by atoms with van der Waals surface area (Å²) in [4.78, 5) is 32.4. The third-order valence-corrected chi connectivity index (χ3v) is 5.96. The molecule has 9 nitrogen and oxygen atoms in total. The van der Waals surface area contributed by atoms with Crippen LogP contribution in [0.5, 0.6) is 5.75 Å². The van der Waals surface area contributed by atoms with Gasteiger partial charge in [0.15, 0.2) is 0 Å². The molecule has 0 aliphatic carbocycles. The van der Waals surface area contributed by atoms with Crippen LogP contribution in [-0.4, -0.2) is 80.9 Å². The maximum atomic E-state index is 12.8. The van der Waals surface area contributed by atoms with Gasteiger partial charge in [-0.3, -0.25) is 14.7 Å². The standard InChI is InChI=1S/C23H25ClN6O3/c1-16(31)29-12-10-28(11-13-29)9-8-26-23(33)30-15-19(17-4-6-25-7-5-17)22(27-30)18-2-3-21(32)20(24)14-18/h2-7,14-15,32H,8-13H2,1H3,(H,26,33). The summed E-state index contributed by atoms with van der Waals surface area (Å²) in [7, 11) is 0. The molecule has 2 aromatic heterocycles. The van der Waals surface area contributed by atoms with E-state index in [4.69, 9.17) is 11.6 Å². The minimum atomic E-state index is -0.344. The van der Waals surface area contributed by atoms with Gasteiger partial charge < -0.3 is 15.3 Å². The molecule has 1 saturated heterocycles. The fraction of sp³-hybridized carbons (Fsp3) is 0.304. The van der Waals surface area contributed by atoms with E-state index in [1.54, 1.807) is 37.6 Å². The lowest BCUT2D eigenvalue weighted by molar-refractivity contribution is -0.130. The highest BCUT2D eigenvalue weighted by molar-refractivity contribution is 6.32. The molecule has 0 spiro atoms. The second-order valence-electron chi connectivity index (χ2n) is 7.82. The molecule has 1 aliphatic rings. The molecule has 2 N–H and O–H groups in total. The average Bonchev–Trinajstić information content (AvgIpc) is 3.27. The van der Waals surface area contributed by atoms with Crippen molar-refractivity contribution in [3.05, 3.63) is 53.9 Å². The Balaban J connectivity index is 1.47. The highest BCUT2D eigenvalue weighted by Crippen LogP contribution is 2.34. The number of benzene rings is 1. The lowest BCUT2D eigenvalue weighted by Crippen LogP contribution is -2.49. The number of carbonyl (C=O) groups excluding carboxylic acids is 2. The molecular formula is C23H25ClN6O3. The topological polar surface area (TPSA) is 104 Å². The van der Waals surface area contributed by atoms with Crippen LogP contribution in [0.15, 0.2) is 48.9 Å². The highest BCUT2D eigenvalue weighted by Gasteiger charge is 2.20. The van der Waals surface area contributed by atoms with Crippen molar-refractivity contribution in [2.75, 3.05) is 39.3 Å². The summed E-state index contributed by atoms with van der Waals surface area (Å²) in [5.41, 5.74) is 2.85. The molecule has 2 amide bonds. The number of hydrogen-bond donors (Lipinski definition) is 2. The molecule has 0 bridgehead atoms. The summed E-state index contributed by atoms with van der Waals surface area (Å²) in [6.45, 7) is 5.72. The van der Waals surface area contributed by atoms with E-state index >= 15 is 0 Å².